The number of aromatic nitrogens is 2. The molecule has 15 heavy (non-hydrogen) atoms. The molecule has 0 bridgehead atoms. The highest BCUT2D eigenvalue weighted by atomic mass is 16.5. The highest BCUT2D eigenvalue weighted by molar-refractivity contribution is 4.95. The van der Waals surface area contributed by atoms with E-state index in [2.05, 4.69) is 14.5 Å². The fraction of sp³-hybridized carbons (Fsp3) is 0.700. The van der Waals surface area contributed by atoms with Gasteiger partial charge in [0.05, 0.1) is 26.4 Å². The first-order valence-corrected chi connectivity index (χ1v) is 5.31. The number of imidazole rings is 1. The summed E-state index contributed by atoms with van der Waals surface area (Å²) < 4.78 is 7.42. The summed E-state index contributed by atoms with van der Waals surface area (Å²) in [6.45, 7) is 5.08. The van der Waals surface area contributed by atoms with E-state index in [1.807, 2.05) is 12.4 Å². The Morgan fingerprint density at radius 3 is 3.20 bits per heavy atom. The van der Waals surface area contributed by atoms with Crippen LogP contribution < -0.4 is 0 Å². The van der Waals surface area contributed by atoms with Crippen LogP contribution in [0.25, 0.3) is 0 Å². The fourth-order valence-corrected chi connectivity index (χ4v) is 1.77. The molecule has 0 amide bonds. The summed E-state index contributed by atoms with van der Waals surface area (Å²) in [5.41, 5.74) is 0. The van der Waals surface area contributed by atoms with Crippen molar-refractivity contribution in [2.24, 2.45) is 0 Å². The van der Waals surface area contributed by atoms with Gasteiger partial charge in [-0.2, -0.15) is 0 Å². The maximum absolute atomic E-state index is 8.55. The molecule has 1 aliphatic heterocycles. The summed E-state index contributed by atoms with van der Waals surface area (Å²) in [5, 5.41) is 8.55. The molecule has 1 aromatic heterocycles. The second-order valence-electron chi connectivity index (χ2n) is 3.65. The number of fused-ring (bicyclic) bond motifs is 1. The molecule has 84 valence electrons. The Bertz CT molecular complexity index is 301. The molecule has 0 fully saturated rings. The van der Waals surface area contributed by atoms with Gasteiger partial charge in [-0.3, -0.25) is 4.90 Å². The smallest absolute Gasteiger partial charge is 0.122 e. The van der Waals surface area contributed by atoms with Crippen LogP contribution in [0.3, 0.4) is 0 Å². The zero-order valence-electron chi connectivity index (χ0n) is 8.80. The van der Waals surface area contributed by atoms with Gasteiger partial charge in [0.15, 0.2) is 0 Å². The lowest BCUT2D eigenvalue weighted by molar-refractivity contribution is 0.0673. The van der Waals surface area contributed by atoms with Crippen LogP contribution in [0.5, 0.6) is 0 Å². The molecule has 1 N–H and O–H groups in total. The van der Waals surface area contributed by atoms with Crippen molar-refractivity contribution in [2.75, 3.05) is 32.9 Å². The van der Waals surface area contributed by atoms with Crippen molar-refractivity contribution in [3.05, 3.63) is 18.2 Å². The molecule has 2 rings (SSSR count). The number of ether oxygens (including phenoxy) is 1. The minimum absolute atomic E-state index is 0.102. The molecule has 0 saturated heterocycles. The quantitative estimate of drug-likeness (QED) is 0.680. The van der Waals surface area contributed by atoms with Gasteiger partial charge in [0.1, 0.15) is 5.82 Å². The van der Waals surface area contributed by atoms with E-state index in [0.717, 1.165) is 32.0 Å². The number of hydrogen-bond acceptors (Lipinski definition) is 4. The van der Waals surface area contributed by atoms with Crippen molar-refractivity contribution in [1.82, 2.24) is 14.5 Å². The van der Waals surface area contributed by atoms with Gasteiger partial charge in [-0.15, -0.1) is 0 Å². The van der Waals surface area contributed by atoms with Crippen molar-refractivity contribution >= 4 is 0 Å². The van der Waals surface area contributed by atoms with Crippen molar-refractivity contribution in [3.8, 4) is 0 Å². The standard InChI is InChI=1S/C10H17N3O2/c14-6-8-15-7-5-12-3-4-13-2-1-11-10(13)9-12/h1-2,14H,3-9H2. The Morgan fingerprint density at radius 1 is 1.40 bits per heavy atom. The second kappa shape index (κ2) is 5.25. The number of hydrogen-bond donors (Lipinski definition) is 1. The van der Waals surface area contributed by atoms with Crippen LogP contribution in [0, 0.1) is 0 Å². The van der Waals surface area contributed by atoms with Crippen LogP contribution in [0.1, 0.15) is 5.82 Å². The van der Waals surface area contributed by atoms with Gasteiger partial charge in [-0.25, -0.2) is 4.98 Å². The van der Waals surface area contributed by atoms with E-state index in [0.29, 0.717) is 13.2 Å². The maximum Gasteiger partial charge on any atom is 0.122 e. The van der Waals surface area contributed by atoms with Crippen molar-refractivity contribution in [3.63, 3.8) is 0 Å². The SMILES string of the molecule is OCCOCCN1CCn2ccnc2C1. The molecule has 0 radical (unpaired) electrons. The zero-order chi connectivity index (χ0) is 10.5. The lowest BCUT2D eigenvalue weighted by Gasteiger charge is -2.27. The molecule has 0 unspecified atom stereocenters. The van der Waals surface area contributed by atoms with Gasteiger partial charge in [-0.05, 0) is 0 Å². The molecule has 0 aromatic carbocycles. The Balaban J connectivity index is 1.73. The summed E-state index contributed by atoms with van der Waals surface area (Å²) in [6, 6.07) is 0. The van der Waals surface area contributed by atoms with Crippen LogP contribution in [0.2, 0.25) is 0 Å². The van der Waals surface area contributed by atoms with E-state index >= 15 is 0 Å². The summed E-state index contributed by atoms with van der Waals surface area (Å²) in [5.74, 6) is 1.13. The minimum Gasteiger partial charge on any atom is -0.394 e. The average Bonchev–Trinajstić information content (AvgIpc) is 2.71. The van der Waals surface area contributed by atoms with E-state index in [9.17, 15) is 0 Å². The fourth-order valence-electron chi connectivity index (χ4n) is 1.77. The van der Waals surface area contributed by atoms with Gasteiger partial charge in [0, 0.05) is 32.0 Å². The molecule has 0 saturated carbocycles. The molecule has 1 aliphatic rings. The number of aliphatic hydroxyl groups is 1. The molecular formula is C10H17N3O2. The topological polar surface area (TPSA) is 50.5 Å². The first-order chi connectivity index (χ1) is 7.40. The van der Waals surface area contributed by atoms with E-state index in [-0.39, 0.29) is 6.61 Å². The van der Waals surface area contributed by atoms with Gasteiger partial charge in [0.25, 0.3) is 0 Å². The third kappa shape index (κ3) is 2.77. The van der Waals surface area contributed by atoms with Gasteiger partial charge in [-0.1, -0.05) is 0 Å². The molecule has 0 aliphatic carbocycles. The Hall–Kier alpha value is -0.910. The average molecular weight is 211 g/mol. The number of rotatable bonds is 5. The van der Waals surface area contributed by atoms with Crippen LogP contribution in [-0.4, -0.2) is 52.5 Å². The van der Waals surface area contributed by atoms with E-state index in [1.165, 1.54) is 0 Å². The molecule has 0 spiro atoms. The summed E-state index contributed by atoms with van der Waals surface area (Å²) in [7, 11) is 0. The number of nitrogens with zero attached hydrogens (tertiary/aromatic N) is 3. The van der Waals surface area contributed by atoms with Crippen molar-refractivity contribution in [1.29, 1.82) is 0 Å². The van der Waals surface area contributed by atoms with Crippen molar-refractivity contribution < 1.29 is 9.84 Å². The summed E-state index contributed by atoms with van der Waals surface area (Å²) in [6.07, 6.45) is 3.87. The van der Waals surface area contributed by atoms with Crippen LogP contribution >= 0.6 is 0 Å². The van der Waals surface area contributed by atoms with Gasteiger partial charge >= 0.3 is 0 Å². The van der Waals surface area contributed by atoms with Crippen LogP contribution in [0.15, 0.2) is 12.4 Å². The lowest BCUT2D eigenvalue weighted by Crippen LogP contribution is -2.36. The predicted molar refractivity (Wildman–Crippen MR) is 55.4 cm³/mol. The maximum atomic E-state index is 8.55. The third-order valence-corrected chi connectivity index (χ3v) is 2.61. The normalized spacial score (nSPS) is 16.6. The molecular weight excluding hydrogens is 194 g/mol. The van der Waals surface area contributed by atoms with Gasteiger partial charge < -0.3 is 14.4 Å². The van der Waals surface area contributed by atoms with E-state index < -0.39 is 0 Å². The van der Waals surface area contributed by atoms with E-state index in [1.54, 1.807) is 0 Å². The first-order valence-electron chi connectivity index (χ1n) is 5.31. The Kier molecular flexibility index (Phi) is 3.71. The Morgan fingerprint density at radius 2 is 2.33 bits per heavy atom. The third-order valence-electron chi connectivity index (χ3n) is 2.61. The highest BCUT2D eigenvalue weighted by Gasteiger charge is 2.15. The molecule has 0 atom stereocenters. The molecule has 1 aromatic rings. The minimum atomic E-state index is 0.102. The highest BCUT2D eigenvalue weighted by Crippen LogP contribution is 2.09. The van der Waals surface area contributed by atoms with Crippen molar-refractivity contribution in [2.45, 2.75) is 13.1 Å². The summed E-state index contributed by atoms with van der Waals surface area (Å²) in [4.78, 5) is 6.61. The zero-order valence-corrected chi connectivity index (χ0v) is 8.80. The largest absolute Gasteiger partial charge is 0.394 e. The predicted octanol–water partition coefficient (Wildman–Crippen LogP) is -0.292. The number of aliphatic hydroxyl groups excluding tert-OH is 1. The van der Waals surface area contributed by atoms with Gasteiger partial charge in [0.2, 0.25) is 0 Å². The summed E-state index contributed by atoms with van der Waals surface area (Å²) >= 11 is 0. The molecule has 5 nitrogen and oxygen atoms in total. The monoisotopic (exact) mass is 211 g/mol. The van der Waals surface area contributed by atoms with Crippen LogP contribution in [-0.2, 0) is 17.8 Å². The molecule has 5 heteroatoms. The Labute approximate surface area is 89.3 Å². The molecule has 2 heterocycles. The first kappa shape index (κ1) is 10.6. The lowest BCUT2D eigenvalue weighted by atomic mass is 10.3. The van der Waals surface area contributed by atoms with E-state index in [4.69, 9.17) is 9.84 Å². The van der Waals surface area contributed by atoms with Crippen LogP contribution in [0.4, 0.5) is 0 Å². The second-order valence-corrected chi connectivity index (χ2v) is 3.65.